The molecule has 3 rings (SSSR count). The average Bonchev–Trinajstić information content (AvgIpc) is 2.84. The Kier molecular flexibility index (Phi) is 10.9. The molecule has 198 valence electrons. The lowest BCUT2D eigenvalue weighted by molar-refractivity contribution is -0.192. The van der Waals surface area contributed by atoms with E-state index in [-0.39, 0.29) is 18.2 Å². The number of amides is 1. The van der Waals surface area contributed by atoms with E-state index >= 15 is 0 Å². The Labute approximate surface area is 208 Å². The molecule has 2 aromatic rings. The largest absolute Gasteiger partial charge is 0.490 e. The number of carboxylic acid groups (broad SMARTS) is 1. The SMILES string of the molecule is Cc1cccc(C(=O)N(CCc2ccccc2)CCS(=O)(=O)N2CCNCC2)c1.O=C(O)C(F)(F)F. The van der Waals surface area contributed by atoms with Gasteiger partial charge in [-0.15, -0.1) is 0 Å². The van der Waals surface area contributed by atoms with Gasteiger partial charge in [0.1, 0.15) is 0 Å². The maximum absolute atomic E-state index is 13.1. The summed E-state index contributed by atoms with van der Waals surface area (Å²) in [5.41, 5.74) is 2.73. The third kappa shape index (κ3) is 9.59. The molecule has 1 fully saturated rings. The highest BCUT2D eigenvalue weighted by Gasteiger charge is 2.38. The first-order chi connectivity index (χ1) is 16.9. The molecule has 1 heterocycles. The third-order valence-electron chi connectivity index (χ3n) is 5.40. The van der Waals surface area contributed by atoms with Gasteiger partial charge in [0.2, 0.25) is 10.0 Å². The van der Waals surface area contributed by atoms with Crippen molar-refractivity contribution in [1.82, 2.24) is 14.5 Å². The normalized spacial score (nSPS) is 14.4. The number of carbonyl (C=O) groups is 2. The van der Waals surface area contributed by atoms with Gasteiger partial charge in [-0.2, -0.15) is 17.5 Å². The third-order valence-corrected chi connectivity index (χ3v) is 7.25. The molecule has 0 atom stereocenters. The minimum atomic E-state index is -5.08. The van der Waals surface area contributed by atoms with E-state index in [9.17, 15) is 26.4 Å². The quantitative estimate of drug-likeness (QED) is 0.545. The fourth-order valence-electron chi connectivity index (χ4n) is 3.46. The molecular formula is C24H30F3N3O5S. The Bertz CT molecular complexity index is 1110. The summed E-state index contributed by atoms with van der Waals surface area (Å²) in [6, 6.07) is 17.4. The molecule has 36 heavy (non-hydrogen) atoms. The second-order valence-corrected chi connectivity index (χ2v) is 10.3. The van der Waals surface area contributed by atoms with Gasteiger partial charge in [0.05, 0.1) is 5.75 Å². The average molecular weight is 530 g/mol. The fraction of sp³-hybridized carbons (Fsp3) is 0.417. The number of piperazine rings is 1. The topological polar surface area (TPSA) is 107 Å². The molecule has 2 aromatic carbocycles. The van der Waals surface area contributed by atoms with Crippen LogP contribution in [0.5, 0.6) is 0 Å². The molecule has 2 N–H and O–H groups in total. The van der Waals surface area contributed by atoms with Gasteiger partial charge in [-0.05, 0) is 31.0 Å². The van der Waals surface area contributed by atoms with E-state index in [1.54, 1.807) is 11.0 Å². The Morgan fingerprint density at radius 2 is 1.64 bits per heavy atom. The first kappa shape index (κ1) is 29.3. The van der Waals surface area contributed by atoms with E-state index < -0.39 is 22.2 Å². The smallest absolute Gasteiger partial charge is 0.475 e. The molecule has 0 saturated carbocycles. The first-order valence-electron chi connectivity index (χ1n) is 11.3. The van der Waals surface area contributed by atoms with E-state index in [4.69, 9.17) is 9.90 Å². The summed E-state index contributed by atoms with van der Waals surface area (Å²) in [6.45, 7) is 4.91. The highest BCUT2D eigenvalue weighted by Crippen LogP contribution is 2.13. The van der Waals surface area contributed by atoms with Crippen LogP contribution < -0.4 is 5.32 Å². The van der Waals surface area contributed by atoms with Crippen molar-refractivity contribution in [2.75, 3.05) is 45.0 Å². The molecule has 1 aliphatic heterocycles. The lowest BCUT2D eigenvalue weighted by atomic mass is 10.1. The molecule has 0 aromatic heterocycles. The predicted molar refractivity (Wildman–Crippen MR) is 129 cm³/mol. The summed E-state index contributed by atoms with van der Waals surface area (Å²) >= 11 is 0. The van der Waals surface area contributed by atoms with E-state index in [2.05, 4.69) is 5.32 Å². The van der Waals surface area contributed by atoms with Crippen molar-refractivity contribution in [3.63, 3.8) is 0 Å². The maximum Gasteiger partial charge on any atom is 0.490 e. The molecule has 0 aliphatic carbocycles. The molecule has 0 bridgehead atoms. The van der Waals surface area contributed by atoms with Crippen LogP contribution in [-0.2, 0) is 21.2 Å². The molecule has 0 unspecified atom stereocenters. The highest BCUT2D eigenvalue weighted by atomic mass is 32.2. The van der Waals surface area contributed by atoms with Crippen LogP contribution >= 0.6 is 0 Å². The molecular weight excluding hydrogens is 499 g/mol. The van der Waals surface area contributed by atoms with Crippen molar-refractivity contribution >= 4 is 21.9 Å². The number of benzene rings is 2. The van der Waals surface area contributed by atoms with Gasteiger partial charge in [-0.1, -0.05) is 48.0 Å². The lowest BCUT2D eigenvalue weighted by Gasteiger charge is -2.28. The van der Waals surface area contributed by atoms with Crippen LogP contribution in [0.2, 0.25) is 0 Å². The predicted octanol–water partition coefficient (Wildman–Crippen LogP) is 2.55. The number of nitrogens with one attached hydrogen (secondary N) is 1. The van der Waals surface area contributed by atoms with Crippen molar-refractivity contribution in [2.24, 2.45) is 0 Å². The number of hydrogen-bond acceptors (Lipinski definition) is 5. The van der Waals surface area contributed by atoms with Gasteiger partial charge in [0, 0.05) is 44.8 Å². The first-order valence-corrected chi connectivity index (χ1v) is 12.9. The Morgan fingerprint density at radius 3 is 2.19 bits per heavy atom. The van der Waals surface area contributed by atoms with E-state index in [1.165, 1.54) is 4.31 Å². The molecule has 8 nitrogen and oxygen atoms in total. The second-order valence-electron chi connectivity index (χ2n) is 8.17. The number of aliphatic carboxylic acids is 1. The molecule has 0 spiro atoms. The number of alkyl halides is 3. The van der Waals surface area contributed by atoms with Crippen molar-refractivity contribution in [2.45, 2.75) is 19.5 Å². The van der Waals surface area contributed by atoms with E-state index in [1.807, 2.05) is 55.5 Å². The van der Waals surface area contributed by atoms with Crippen LogP contribution in [0.1, 0.15) is 21.5 Å². The molecule has 1 amide bonds. The highest BCUT2D eigenvalue weighted by molar-refractivity contribution is 7.89. The Morgan fingerprint density at radius 1 is 1.03 bits per heavy atom. The van der Waals surface area contributed by atoms with Gasteiger partial charge in [-0.25, -0.2) is 13.2 Å². The number of carbonyl (C=O) groups excluding carboxylic acids is 1. The van der Waals surface area contributed by atoms with Gasteiger partial charge < -0.3 is 15.3 Å². The summed E-state index contributed by atoms with van der Waals surface area (Å²) < 4.78 is 58.7. The van der Waals surface area contributed by atoms with Crippen LogP contribution in [0.15, 0.2) is 54.6 Å². The number of halogens is 3. The van der Waals surface area contributed by atoms with Gasteiger partial charge in [0.25, 0.3) is 5.91 Å². The second kappa shape index (κ2) is 13.4. The van der Waals surface area contributed by atoms with E-state index in [0.29, 0.717) is 44.7 Å². The zero-order valence-electron chi connectivity index (χ0n) is 19.9. The summed E-state index contributed by atoms with van der Waals surface area (Å²) in [5.74, 6) is -2.94. The van der Waals surface area contributed by atoms with Crippen LogP contribution in [-0.4, -0.2) is 85.8 Å². The number of rotatable bonds is 8. The van der Waals surface area contributed by atoms with Crippen molar-refractivity contribution < 1.29 is 36.3 Å². The van der Waals surface area contributed by atoms with Crippen molar-refractivity contribution in [1.29, 1.82) is 0 Å². The van der Waals surface area contributed by atoms with E-state index in [0.717, 1.165) is 11.1 Å². The van der Waals surface area contributed by atoms with Crippen LogP contribution in [0.3, 0.4) is 0 Å². The maximum atomic E-state index is 13.1. The molecule has 1 saturated heterocycles. The van der Waals surface area contributed by atoms with Crippen molar-refractivity contribution in [3.8, 4) is 0 Å². The van der Waals surface area contributed by atoms with Crippen molar-refractivity contribution in [3.05, 3.63) is 71.3 Å². The number of aryl methyl sites for hydroxylation is 1. The number of carboxylic acids is 1. The number of sulfonamides is 1. The number of hydrogen-bond donors (Lipinski definition) is 2. The number of nitrogens with zero attached hydrogens (tertiary/aromatic N) is 2. The summed E-state index contributed by atoms with van der Waals surface area (Å²) in [4.78, 5) is 23.7. The van der Waals surface area contributed by atoms with Crippen LogP contribution in [0, 0.1) is 6.92 Å². The molecule has 1 aliphatic rings. The fourth-order valence-corrected chi connectivity index (χ4v) is 4.91. The minimum absolute atomic E-state index is 0.0562. The van der Waals surface area contributed by atoms with Gasteiger partial charge in [0.15, 0.2) is 0 Å². The molecule has 12 heteroatoms. The summed E-state index contributed by atoms with van der Waals surface area (Å²) in [5, 5.41) is 10.3. The summed E-state index contributed by atoms with van der Waals surface area (Å²) in [6.07, 6.45) is -4.40. The van der Waals surface area contributed by atoms with Crippen LogP contribution in [0.4, 0.5) is 13.2 Å². The Hall–Kier alpha value is -2.96. The molecule has 0 radical (unpaired) electrons. The zero-order chi connectivity index (χ0) is 26.8. The minimum Gasteiger partial charge on any atom is -0.475 e. The zero-order valence-corrected chi connectivity index (χ0v) is 20.7. The Balaban J connectivity index is 0.000000572. The standard InChI is InChI=1S/C22H29N3O3S.C2HF3O2/c1-19-6-5-9-21(18-19)22(26)24(13-10-20-7-3-2-4-8-20)16-17-29(27,28)25-14-11-23-12-15-25;3-2(4,5)1(6)7/h2-9,18,23H,10-17H2,1H3;(H,6,7). The van der Waals surface area contributed by atoms with Gasteiger partial charge in [-0.3, -0.25) is 4.79 Å². The monoisotopic (exact) mass is 529 g/mol. The summed E-state index contributed by atoms with van der Waals surface area (Å²) in [7, 11) is -3.39. The lowest BCUT2D eigenvalue weighted by Crippen LogP contribution is -2.48. The van der Waals surface area contributed by atoms with Gasteiger partial charge >= 0.3 is 12.1 Å². The van der Waals surface area contributed by atoms with Crippen LogP contribution in [0.25, 0.3) is 0 Å².